The Hall–Kier alpha value is -3.19. The van der Waals surface area contributed by atoms with Gasteiger partial charge in [-0.3, -0.25) is 19.4 Å². The molecule has 3 aromatic rings. The highest BCUT2D eigenvalue weighted by molar-refractivity contribution is 5.92. The summed E-state index contributed by atoms with van der Waals surface area (Å²) in [5.74, 6) is 1.21. The molecule has 0 unspecified atom stereocenters. The summed E-state index contributed by atoms with van der Waals surface area (Å²) in [4.78, 5) is 19.7. The first-order valence-corrected chi connectivity index (χ1v) is 11.5. The van der Waals surface area contributed by atoms with Gasteiger partial charge in [0.2, 0.25) is 5.91 Å². The molecule has 0 bridgehead atoms. The number of nitrogens with one attached hydrogen (secondary N) is 1. The van der Waals surface area contributed by atoms with E-state index in [0.29, 0.717) is 12.5 Å². The lowest BCUT2D eigenvalue weighted by Gasteiger charge is -2.32. The van der Waals surface area contributed by atoms with Crippen LogP contribution in [0.15, 0.2) is 42.6 Å². The first-order valence-electron chi connectivity index (χ1n) is 11.5. The Balaban J connectivity index is 1.40. The first kappa shape index (κ1) is 23.0. The molecule has 174 valence electrons. The summed E-state index contributed by atoms with van der Waals surface area (Å²) in [5, 5.41) is 7.29. The summed E-state index contributed by atoms with van der Waals surface area (Å²) in [6, 6.07) is 12.6. The largest absolute Gasteiger partial charge is 0.497 e. The lowest BCUT2D eigenvalue weighted by atomic mass is 9.92. The number of benzene rings is 1. The van der Waals surface area contributed by atoms with E-state index in [9.17, 15) is 4.79 Å². The smallest absolute Gasteiger partial charge is 0.238 e. The van der Waals surface area contributed by atoms with Crippen LogP contribution in [-0.4, -0.2) is 52.3 Å². The van der Waals surface area contributed by atoms with Crippen LogP contribution in [0.25, 0.3) is 0 Å². The van der Waals surface area contributed by atoms with E-state index in [1.807, 2.05) is 32.3 Å². The summed E-state index contributed by atoms with van der Waals surface area (Å²) in [6.45, 7) is 6.12. The zero-order valence-electron chi connectivity index (χ0n) is 20.0. The number of aromatic nitrogens is 3. The van der Waals surface area contributed by atoms with Crippen molar-refractivity contribution < 1.29 is 9.53 Å². The Morgan fingerprint density at radius 3 is 2.67 bits per heavy atom. The molecular formula is C26H33N5O2. The minimum absolute atomic E-state index is 0.00384. The number of hydrogen-bond acceptors (Lipinski definition) is 5. The van der Waals surface area contributed by atoms with Crippen LogP contribution < -0.4 is 10.1 Å². The van der Waals surface area contributed by atoms with Gasteiger partial charge in [-0.25, -0.2) is 0 Å². The van der Waals surface area contributed by atoms with Gasteiger partial charge in [-0.2, -0.15) is 5.10 Å². The number of nitrogens with zero attached hydrogens (tertiary/aromatic N) is 4. The fourth-order valence-electron chi connectivity index (χ4n) is 4.61. The molecule has 1 aliphatic heterocycles. The van der Waals surface area contributed by atoms with Crippen molar-refractivity contribution >= 4 is 11.6 Å². The van der Waals surface area contributed by atoms with Crippen molar-refractivity contribution in [3.8, 4) is 5.75 Å². The number of rotatable bonds is 7. The van der Waals surface area contributed by atoms with Crippen LogP contribution in [0, 0.1) is 13.8 Å². The second kappa shape index (κ2) is 10.2. The van der Waals surface area contributed by atoms with E-state index in [0.717, 1.165) is 60.9 Å². The molecule has 4 rings (SSSR count). The van der Waals surface area contributed by atoms with E-state index in [1.54, 1.807) is 11.8 Å². The van der Waals surface area contributed by atoms with Crippen molar-refractivity contribution in [1.29, 1.82) is 0 Å². The average molecular weight is 448 g/mol. The summed E-state index contributed by atoms with van der Waals surface area (Å²) in [6.07, 6.45) is 4.86. The first-order chi connectivity index (χ1) is 15.9. The molecule has 0 aliphatic carbocycles. The Morgan fingerprint density at radius 1 is 1.18 bits per heavy atom. The van der Waals surface area contributed by atoms with Gasteiger partial charge in [0.1, 0.15) is 5.75 Å². The molecule has 3 heterocycles. The van der Waals surface area contributed by atoms with Gasteiger partial charge in [0, 0.05) is 37.1 Å². The quantitative estimate of drug-likeness (QED) is 0.596. The molecule has 1 N–H and O–H groups in total. The standard InChI is InChI=1S/C26H33N5O2/c1-18-12-21(13-20-7-9-23(33-4)10-8-20)14-24(27-18)22-6-5-11-31(15-22)17-26(32)28-25-16-30(3)29-19(25)2/h7-10,12,14,16,22H,5-6,11,13,15,17H2,1-4H3,(H,28,32)/t22-/m1/s1. The Bertz CT molecular complexity index is 1110. The molecule has 0 saturated carbocycles. The van der Waals surface area contributed by atoms with Crippen molar-refractivity contribution in [1.82, 2.24) is 19.7 Å². The van der Waals surface area contributed by atoms with E-state index in [4.69, 9.17) is 9.72 Å². The number of carbonyl (C=O) groups is 1. The number of ether oxygens (including phenoxy) is 1. The normalized spacial score (nSPS) is 16.5. The van der Waals surface area contributed by atoms with E-state index >= 15 is 0 Å². The van der Waals surface area contributed by atoms with Crippen LogP contribution in [0.5, 0.6) is 5.75 Å². The van der Waals surface area contributed by atoms with Crippen LogP contribution in [-0.2, 0) is 18.3 Å². The highest BCUT2D eigenvalue weighted by Crippen LogP contribution is 2.27. The lowest BCUT2D eigenvalue weighted by Crippen LogP contribution is -2.40. The maximum absolute atomic E-state index is 12.6. The number of hydrogen-bond donors (Lipinski definition) is 1. The summed E-state index contributed by atoms with van der Waals surface area (Å²) in [5.41, 5.74) is 6.30. The lowest BCUT2D eigenvalue weighted by molar-refractivity contribution is -0.117. The minimum Gasteiger partial charge on any atom is -0.497 e. The summed E-state index contributed by atoms with van der Waals surface area (Å²) < 4.78 is 6.98. The molecule has 0 radical (unpaired) electrons. The second-order valence-electron chi connectivity index (χ2n) is 8.99. The van der Waals surface area contributed by atoms with Gasteiger partial charge in [-0.1, -0.05) is 12.1 Å². The molecule has 7 heteroatoms. The molecule has 33 heavy (non-hydrogen) atoms. The van der Waals surface area contributed by atoms with Crippen LogP contribution in [0.1, 0.15) is 47.0 Å². The fraction of sp³-hybridized carbons (Fsp3) is 0.423. The summed E-state index contributed by atoms with van der Waals surface area (Å²) >= 11 is 0. The third-order valence-corrected chi connectivity index (χ3v) is 6.18. The molecule has 1 fully saturated rings. The Kier molecular flexibility index (Phi) is 7.08. The summed E-state index contributed by atoms with van der Waals surface area (Å²) in [7, 11) is 3.54. The van der Waals surface area contributed by atoms with Crippen molar-refractivity contribution in [2.24, 2.45) is 7.05 Å². The van der Waals surface area contributed by atoms with E-state index in [1.165, 1.54) is 11.1 Å². The third-order valence-electron chi connectivity index (χ3n) is 6.18. The van der Waals surface area contributed by atoms with Crippen LogP contribution in [0.3, 0.4) is 0 Å². The molecular weight excluding hydrogens is 414 g/mol. The van der Waals surface area contributed by atoms with Crippen LogP contribution >= 0.6 is 0 Å². The Morgan fingerprint density at radius 2 is 1.97 bits per heavy atom. The van der Waals surface area contributed by atoms with Gasteiger partial charge in [-0.15, -0.1) is 0 Å². The Labute approximate surface area is 195 Å². The maximum atomic E-state index is 12.6. The average Bonchev–Trinajstić information content (AvgIpc) is 3.10. The molecule has 1 aromatic carbocycles. The van der Waals surface area contributed by atoms with Crippen LogP contribution in [0.2, 0.25) is 0 Å². The van der Waals surface area contributed by atoms with Gasteiger partial charge < -0.3 is 10.1 Å². The monoisotopic (exact) mass is 447 g/mol. The number of piperidine rings is 1. The molecule has 1 amide bonds. The topological polar surface area (TPSA) is 72.3 Å². The highest BCUT2D eigenvalue weighted by Gasteiger charge is 2.24. The number of likely N-dealkylation sites (tertiary alicyclic amines) is 1. The molecule has 1 atom stereocenters. The zero-order chi connectivity index (χ0) is 23.4. The van der Waals surface area contributed by atoms with Gasteiger partial charge in [0.15, 0.2) is 0 Å². The van der Waals surface area contributed by atoms with Crippen molar-refractivity contribution in [2.75, 3.05) is 32.1 Å². The van der Waals surface area contributed by atoms with E-state index in [2.05, 4.69) is 46.5 Å². The number of anilines is 1. The van der Waals surface area contributed by atoms with Gasteiger partial charge in [0.05, 0.1) is 25.0 Å². The third kappa shape index (κ3) is 5.99. The fourth-order valence-corrected chi connectivity index (χ4v) is 4.61. The number of amides is 1. The number of methoxy groups -OCH3 is 1. The molecule has 1 saturated heterocycles. The van der Waals surface area contributed by atoms with Gasteiger partial charge in [-0.05, 0) is 75.0 Å². The van der Waals surface area contributed by atoms with Gasteiger partial charge in [0.25, 0.3) is 0 Å². The zero-order valence-corrected chi connectivity index (χ0v) is 20.0. The minimum atomic E-state index is 0.00384. The maximum Gasteiger partial charge on any atom is 0.238 e. The number of carbonyl (C=O) groups excluding carboxylic acids is 1. The van der Waals surface area contributed by atoms with Crippen molar-refractivity contribution in [3.05, 3.63) is 70.8 Å². The molecule has 2 aromatic heterocycles. The second-order valence-corrected chi connectivity index (χ2v) is 8.99. The van der Waals surface area contributed by atoms with Crippen molar-refractivity contribution in [2.45, 2.75) is 39.0 Å². The predicted octanol–water partition coefficient (Wildman–Crippen LogP) is 3.85. The van der Waals surface area contributed by atoms with E-state index < -0.39 is 0 Å². The predicted molar refractivity (Wildman–Crippen MR) is 130 cm³/mol. The van der Waals surface area contributed by atoms with Gasteiger partial charge >= 0.3 is 0 Å². The molecule has 7 nitrogen and oxygen atoms in total. The molecule has 1 aliphatic rings. The highest BCUT2D eigenvalue weighted by atomic mass is 16.5. The van der Waals surface area contributed by atoms with Crippen molar-refractivity contribution in [3.63, 3.8) is 0 Å². The van der Waals surface area contributed by atoms with Crippen LogP contribution in [0.4, 0.5) is 5.69 Å². The van der Waals surface area contributed by atoms with E-state index in [-0.39, 0.29) is 5.91 Å². The molecule has 0 spiro atoms. The number of pyridine rings is 1. The SMILES string of the molecule is COc1ccc(Cc2cc(C)nc([C@@H]3CCCN(CC(=O)Nc4cn(C)nc4C)C3)c2)cc1. The number of aryl methyl sites for hydroxylation is 3.